The minimum atomic E-state index is -0.328. The fourth-order valence-corrected chi connectivity index (χ4v) is 2.20. The summed E-state index contributed by atoms with van der Waals surface area (Å²) in [6.07, 6.45) is 0. The summed E-state index contributed by atoms with van der Waals surface area (Å²) in [4.78, 5) is 38.7. The molecule has 1 aliphatic heterocycles. The normalized spacial score (nSPS) is 12.2. The smallest absolute Gasteiger partial charge is 0.238 e. The highest BCUT2D eigenvalue weighted by atomic mass is 16.7. The molecule has 8 nitrogen and oxygen atoms in total. The summed E-state index contributed by atoms with van der Waals surface area (Å²) in [7, 11) is 4.98. The third-order valence-electron chi connectivity index (χ3n) is 3.48. The van der Waals surface area contributed by atoms with Crippen LogP contribution in [0.25, 0.3) is 0 Å². The molecular weight excluding hydrogens is 314 g/mol. The Balaban J connectivity index is 2.06. The van der Waals surface area contributed by atoms with Crippen LogP contribution in [0.4, 0.5) is 5.69 Å². The molecule has 0 spiro atoms. The molecule has 1 aliphatic rings. The van der Waals surface area contributed by atoms with Gasteiger partial charge in [0.25, 0.3) is 0 Å². The molecule has 1 N–H and O–H groups in total. The first-order chi connectivity index (χ1) is 11.3. The van der Waals surface area contributed by atoms with Crippen LogP contribution < -0.4 is 14.8 Å². The topological polar surface area (TPSA) is 88.2 Å². The summed E-state index contributed by atoms with van der Waals surface area (Å²) >= 11 is 0. The Bertz CT molecular complexity index is 672. The van der Waals surface area contributed by atoms with Gasteiger partial charge < -0.3 is 19.7 Å². The number of hydrogen-bond acceptors (Lipinski definition) is 6. The third-order valence-corrected chi connectivity index (χ3v) is 3.48. The van der Waals surface area contributed by atoms with Gasteiger partial charge in [-0.1, -0.05) is 0 Å². The number of nitrogens with one attached hydrogen (secondary N) is 1. The van der Waals surface area contributed by atoms with Gasteiger partial charge in [-0.2, -0.15) is 0 Å². The molecular formula is C16H21N3O5. The molecule has 1 aromatic carbocycles. The highest BCUT2D eigenvalue weighted by molar-refractivity contribution is 6.05. The van der Waals surface area contributed by atoms with Crippen molar-refractivity contribution in [3.8, 4) is 11.5 Å². The predicted molar refractivity (Wildman–Crippen MR) is 87.4 cm³/mol. The molecule has 0 atom stereocenters. The van der Waals surface area contributed by atoms with Gasteiger partial charge in [-0.25, -0.2) is 0 Å². The molecule has 0 fully saturated rings. The van der Waals surface area contributed by atoms with Gasteiger partial charge in [0.2, 0.25) is 18.6 Å². The Hall–Kier alpha value is -2.61. The van der Waals surface area contributed by atoms with Crippen molar-refractivity contribution >= 4 is 23.3 Å². The molecule has 130 valence electrons. The van der Waals surface area contributed by atoms with E-state index in [0.29, 0.717) is 22.7 Å². The van der Waals surface area contributed by atoms with Crippen molar-refractivity contribution in [3.63, 3.8) is 0 Å². The van der Waals surface area contributed by atoms with Crippen LogP contribution in [0.3, 0.4) is 0 Å². The average Bonchev–Trinajstić information content (AvgIpc) is 2.92. The first-order valence-corrected chi connectivity index (χ1v) is 7.41. The van der Waals surface area contributed by atoms with Crippen LogP contribution >= 0.6 is 0 Å². The van der Waals surface area contributed by atoms with Crippen LogP contribution in [0.1, 0.15) is 17.3 Å². The number of hydrogen-bond donors (Lipinski definition) is 1. The number of ether oxygens (including phenoxy) is 2. The van der Waals surface area contributed by atoms with E-state index in [1.165, 1.54) is 11.8 Å². The Labute approximate surface area is 140 Å². The van der Waals surface area contributed by atoms with Gasteiger partial charge in [-0.15, -0.1) is 0 Å². The Morgan fingerprint density at radius 2 is 1.71 bits per heavy atom. The Kier molecular flexibility index (Phi) is 5.40. The monoisotopic (exact) mass is 335 g/mol. The van der Waals surface area contributed by atoms with Gasteiger partial charge in [-0.3, -0.25) is 19.3 Å². The molecule has 1 aromatic rings. The van der Waals surface area contributed by atoms with Crippen LogP contribution in [0.5, 0.6) is 11.5 Å². The molecule has 2 amide bonds. The van der Waals surface area contributed by atoms with Crippen LogP contribution in [0.2, 0.25) is 0 Å². The van der Waals surface area contributed by atoms with Crippen LogP contribution in [0, 0.1) is 0 Å². The number of Topliss-reactive ketones (excluding diaryl/α,β-unsaturated/α-hetero) is 1. The summed E-state index contributed by atoms with van der Waals surface area (Å²) < 4.78 is 10.5. The summed E-state index contributed by atoms with van der Waals surface area (Å²) in [5.74, 6) is 0.335. The van der Waals surface area contributed by atoms with Gasteiger partial charge in [-0.05, 0) is 20.0 Å². The van der Waals surface area contributed by atoms with Crippen molar-refractivity contribution in [2.45, 2.75) is 6.92 Å². The highest BCUT2D eigenvalue weighted by Gasteiger charge is 2.21. The van der Waals surface area contributed by atoms with E-state index in [0.717, 1.165) is 0 Å². The molecule has 24 heavy (non-hydrogen) atoms. The quantitative estimate of drug-likeness (QED) is 0.765. The summed E-state index contributed by atoms with van der Waals surface area (Å²) in [6.45, 7) is 1.64. The molecule has 0 aromatic heterocycles. The van der Waals surface area contributed by atoms with Gasteiger partial charge in [0.1, 0.15) is 0 Å². The maximum atomic E-state index is 12.2. The van der Waals surface area contributed by atoms with Gasteiger partial charge in [0.05, 0.1) is 18.8 Å². The van der Waals surface area contributed by atoms with E-state index in [1.807, 2.05) is 0 Å². The molecule has 0 bridgehead atoms. The van der Waals surface area contributed by atoms with Crippen molar-refractivity contribution in [1.29, 1.82) is 0 Å². The number of ketones is 1. The van der Waals surface area contributed by atoms with Gasteiger partial charge >= 0.3 is 0 Å². The van der Waals surface area contributed by atoms with Crippen LogP contribution in [0.15, 0.2) is 12.1 Å². The van der Waals surface area contributed by atoms with E-state index in [-0.39, 0.29) is 37.5 Å². The summed E-state index contributed by atoms with van der Waals surface area (Å²) in [5, 5.41) is 2.69. The molecule has 0 radical (unpaired) electrons. The molecule has 1 heterocycles. The van der Waals surface area contributed by atoms with Gasteiger partial charge in [0, 0.05) is 25.7 Å². The van der Waals surface area contributed by atoms with Crippen LogP contribution in [-0.2, 0) is 9.59 Å². The molecule has 0 saturated heterocycles. The molecule has 8 heteroatoms. The lowest BCUT2D eigenvalue weighted by molar-refractivity contribution is -0.130. The number of benzene rings is 1. The van der Waals surface area contributed by atoms with Gasteiger partial charge in [0.15, 0.2) is 17.3 Å². The van der Waals surface area contributed by atoms with E-state index in [2.05, 4.69) is 5.32 Å². The van der Waals surface area contributed by atoms with E-state index >= 15 is 0 Å². The fraction of sp³-hybridized carbons (Fsp3) is 0.438. The molecule has 0 unspecified atom stereocenters. The number of rotatable bonds is 6. The average molecular weight is 335 g/mol. The largest absolute Gasteiger partial charge is 0.454 e. The minimum Gasteiger partial charge on any atom is -0.454 e. The highest BCUT2D eigenvalue weighted by Crippen LogP contribution is 2.37. The lowest BCUT2D eigenvalue weighted by atomic mass is 10.1. The lowest BCUT2D eigenvalue weighted by Crippen LogP contribution is -2.38. The Morgan fingerprint density at radius 1 is 1.08 bits per heavy atom. The number of carbonyl (C=O) groups excluding carboxylic acids is 3. The second kappa shape index (κ2) is 7.31. The zero-order chi connectivity index (χ0) is 17.9. The predicted octanol–water partition coefficient (Wildman–Crippen LogP) is 0.576. The maximum absolute atomic E-state index is 12.2. The zero-order valence-corrected chi connectivity index (χ0v) is 14.2. The standard InChI is InChI=1S/C16H21N3O5/c1-10(20)11-5-13-14(24-9-23-13)6-12(11)17-15(21)7-19(4)8-16(22)18(2)3/h5-6H,7-9H2,1-4H3,(H,17,21). The minimum absolute atomic E-state index is 0.0192. The van der Waals surface area contributed by atoms with Crippen molar-refractivity contribution in [3.05, 3.63) is 17.7 Å². The molecule has 2 rings (SSSR count). The first kappa shape index (κ1) is 17.7. The third kappa shape index (κ3) is 4.23. The Morgan fingerprint density at radius 3 is 2.29 bits per heavy atom. The first-order valence-electron chi connectivity index (χ1n) is 7.41. The second-order valence-corrected chi connectivity index (χ2v) is 5.82. The number of likely N-dealkylation sites (N-methyl/N-ethyl adjacent to an activating group) is 2. The number of amides is 2. The van der Waals surface area contributed by atoms with Crippen molar-refractivity contribution < 1.29 is 23.9 Å². The summed E-state index contributed by atoms with van der Waals surface area (Å²) in [6, 6.07) is 3.13. The van der Waals surface area contributed by atoms with Crippen molar-refractivity contribution in [1.82, 2.24) is 9.80 Å². The van der Waals surface area contributed by atoms with E-state index in [9.17, 15) is 14.4 Å². The second-order valence-electron chi connectivity index (χ2n) is 5.82. The number of fused-ring (bicyclic) bond motifs is 1. The van der Waals surface area contributed by atoms with Crippen LogP contribution in [-0.4, -0.2) is 68.4 Å². The maximum Gasteiger partial charge on any atom is 0.238 e. The molecule has 0 saturated carbocycles. The summed E-state index contributed by atoms with van der Waals surface area (Å²) in [5.41, 5.74) is 0.712. The van der Waals surface area contributed by atoms with Crippen molar-refractivity contribution in [2.75, 3.05) is 46.3 Å². The zero-order valence-electron chi connectivity index (χ0n) is 14.2. The van der Waals surface area contributed by atoms with E-state index in [1.54, 1.807) is 38.2 Å². The lowest BCUT2D eigenvalue weighted by Gasteiger charge is -2.19. The number of nitrogens with zero attached hydrogens (tertiary/aromatic N) is 2. The molecule has 0 aliphatic carbocycles. The fourth-order valence-electron chi connectivity index (χ4n) is 2.20. The van der Waals surface area contributed by atoms with Crippen molar-refractivity contribution in [2.24, 2.45) is 0 Å². The SMILES string of the molecule is CC(=O)c1cc2c(cc1NC(=O)CN(C)CC(=O)N(C)C)OCO2. The van der Waals surface area contributed by atoms with E-state index < -0.39 is 0 Å². The number of carbonyl (C=O) groups is 3. The number of anilines is 1. The van der Waals surface area contributed by atoms with E-state index in [4.69, 9.17) is 9.47 Å².